The van der Waals surface area contributed by atoms with Gasteiger partial charge in [-0.3, -0.25) is 4.79 Å². The van der Waals surface area contributed by atoms with Gasteiger partial charge in [0, 0.05) is 37.5 Å². The summed E-state index contributed by atoms with van der Waals surface area (Å²) in [4.78, 5) is 18.3. The molecule has 152 valence electrons. The van der Waals surface area contributed by atoms with Crippen LogP contribution in [-0.2, 0) is 17.8 Å². The summed E-state index contributed by atoms with van der Waals surface area (Å²) in [5, 5.41) is 3.51. The molecule has 3 fully saturated rings. The highest BCUT2D eigenvalue weighted by Gasteiger charge is 2.43. The minimum atomic E-state index is 0.243. The molecule has 5 rings (SSSR count). The van der Waals surface area contributed by atoms with E-state index in [2.05, 4.69) is 39.4 Å². The SMILES string of the molecule is O=C(C1CCCC1)N1Cc2ccccc2CC2(CCN(CC3CCNC3)C2)C1. The molecule has 1 amide bonds. The second-order valence-corrected chi connectivity index (χ2v) is 9.97. The standard InChI is InChI=1S/C24H35N3O/c28-23(20-5-1-2-6-20)27-16-22-8-4-3-7-21(22)13-24(18-27)10-12-26(17-24)15-19-9-11-25-14-19/h3-4,7-8,19-20,25H,1-2,5-6,9-18H2. The lowest BCUT2D eigenvalue weighted by Gasteiger charge is -2.34. The first-order valence-electron chi connectivity index (χ1n) is 11.5. The van der Waals surface area contributed by atoms with E-state index in [0.717, 1.165) is 44.8 Å². The monoisotopic (exact) mass is 381 g/mol. The molecule has 4 nitrogen and oxygen atoms in total. The number of fused-ring (bicyclic) bond motifs is 1. The molecular weight excluding hydrogens is 346 g/mol. The molecule has 1 aromatic carbocycles. The number of hydrogen-bond donors (Lipinski definition) is 1. The van der Waals surface area contributed by atoms with Gasteiger partial charge in [0.2, 0.25) is 5.91 Å². The van der Waals surface area contributed by atoms with Crippen molar-refractivity contribution < 1.29 is 4.79 Å². The molecule has 0 radical (unpaired) electrons. The summed E-state index contributed by atoms with van der Waals surface area (Å²) in [6, 6.07) is 8.88. The van der Waals surface area contributed by atoms with Crippen LogP contribution in [0, 0.1) is 17.3 Å². The predicted octanol–water partition coefficient (Wildman–Crippen LogP) is 3.06. The van der Waals surface area contributed by atoms with Crippen LogP contribution in [0.3, 0.4) is 0 Å². The third-order valence-electron chi connectivity index (χ3n) is 7.78. The number of nitrogens with zero attached hydrogens (tertiary/aromatic N) is 2. The van der Waals surface area contributed by atoms with E-state index < -0.39 is 0 Å². The maximum absolute atomic E-state index is 13.4. The Morgan fingerprint density at radius 3 is 2.71 bits per heavy atom. The zero-order chi connectivity index (χ0) is 19.0. The topological polar surface area (TPSA) is 35.6 Å². The Hall–Kier alpha value is -1.39. The van der Waals surface area contributed by atoms with Crippen LogP contribution in [0.15, 0.2) is 24.3 Å². The van der Waals surface area contributed by atoms with Gasteiger partial charge in [-0.1, -0.05) is 37.1 Å². The smallest absolute Gasteiger partial charge is 0.225 e. The van der Waals surface area contributed by atoms with Crippen molar-refractivity contribution in [2.24, 2.45) is 17.3 Å². The zero-order valence-electron chi connectivity index (χ0n) is 17.2. The van der Waals surface area contributed by atoms with Crippen LogP contribution in [0.5, 0.6) is 0 Å². The zero-order valence-corrected chi connectivity index (χ0v) is 17.2. The van der Waals surface area contributed by atoms with Crippen molar-refractivity contribution >= 4 is 5.91 Å². The third-order valence-corrected chi connectivity index (χ3v) is 7.78. The lowest BCUT2D eigenvalue weighted by Crippen LogP contribution is -2.44. The molecule has 4 heteroatoms. The Balaban J connectivity index is 1.37. The second kappa shape index (κ2) is 7.79. The summed E-state index contributed by atoms with van der Waals surface area (Å²) in [5.74, 6) is 1.53. The van der Waals surface area contributed by atoms with Crippen molar-refractivity contribution in [2.45, 2.75) is 51.5 Å². The van der Waals surface area contributed by atoms with Gasteiger partial charge in [-0.25, -0.2) is 0 Å². The summed E-state index contributed by atoms with van der Waals surface area (Å²) in [6.45, 7) is 7.72. The summed E-state index contributed by atoms with van der Waals surface area (Å²) in [5.41, 5.74) is 3.10. The first-order valence-corrected chi connectivity index (χ1v) is 11.5. The minimum absolute atomic E-state index is 0.243. The Kier molecular flexibility index (Phi) is 5.18. The van der Waals surface area contributed by atoms with Gasteiger partial charge in [-0.05, 0) is 68.8 Å². The molecule has 2 unspecified atom stereocenters. The van der Waals surface area contributed by atoms with Crippen LogP contribution in [0.25, 0.3) is 0 Å². The van der Waals surface area contributed by atoms with Gasteiger partial charge in [0.15, 0.2) is 0 Å². The fourth-order valence-electron chi connectivity index (χ4n) is 6.29. The Morgan fingerprint density at radius 1 is 1.11 bits per heavy atom. The fourth-order valence-corrected chi connectivity index (χ4v) is 6.29. The summed E-state index contributed by atoms with van der Waals surface area (Å²) >= 11 is 0. The van der Waals surface area contributed by atoms with Gasteiger partial charge in [0.05, 0.1) is 0 Å². The summed E-state index contributed by atoms with van der Waals surface area (Å²) < 4.78 is 0. The van der Waals surface area contributed by atoms with E-state index in [4.69, 9.17) is 0 Å². The molecule has 4 aliphatic rings. The van der Waals surface area contributed by atoms with Crippen molar-refractivity contribution in [3.05, 3.63) is 35.4 Å². The van der Waals surface area contributed by atoms with Gasteiger partial charge < -0.3 is 15.1 Å². The van der Waals surface area contributed by atoms with Crippen molar-refractivity contribution in [1.29, 1.82) is 0 Å². The molecule has 1 spiro atoms. The van der Waals surface area contributed by atoms with Crippen molar-refractivity contribution in [1.82, 2.24) is 15.1 Å². The lowest BCUT2D eigenvalue weighted by atomic mass is 9.80. The molecule has 3 aliphatic heterocycles. The lowest BCUT2D eigenvalue weighted by molar-refractivity contribution is -0.137. The van der Waals surface area contributed by atoms with E-state index in [0.29, 0.717) is 5.91 Å². The number of carbonyl (C=O) groups excluding carboxylic acids is 1. The fraction of sp³-hybridized carbons (Fsp3) is 0.708. The van der Waals surface area contributed by atoms with E-state index in [-0.39, 0.29) is 11.3 Å². The molecule has 3 heterocycles. The average molecular weight is 382 g/mol. The Morgan fingerprint density at radius 2 is 1.93 bits per heavy atom. The number of carbonyl (C=O) groups is 1. The molecule has 1 aromatic rings. The highest BCUT2D eigenvalue weighted by atomic mass is 16.2. The normalized spacial score (nSPS) is 31.4. The van der Waals surface area contributed by atoms with Crippen molar-refractivity contribution in [3.63, 3.8) is 0 Å². The van der Waals surface area contributed by atoms with Gasteiger partial charge in [0.25, 0.3) is 0 Å². The van der Waals surface area contributed by atoms with Gasteiger partial charge >= 0.3 is 0 Å². The number of nitrogens with one attached hydrogen (secondary N) is 1. The van der Waals surface area contributed by atoms with Crippen LogP contribution >= 0.6 is 0 Å². The third kappa shape index (κ3) is 3.73. The van der Waals surface area contributed by atoms with Crippen LogP contribution in [0.2, 0.25) is 0 Å². The van der Waals surface area contributed by atoms with Crippen molar-refractivity contribution in [3.8, 4) is 0 Å². The number of hydrogen-bond acceptors (Lipinski definition) is 3. The summed E-state index contributed by atoms with van der Waals surface area (Å²) in [6.07, 6.45) is 8.35. The molecule has 0 aromatic heterocycles. The molecule has 28 heavy (non-hydrogen) atoms. The number of benzene rings is 1. The maximum Gasteiger partial charge on any atom is 0.225 e. The second-order valence-electron chi connectivity index (χ2n) is 9.97. The van der Waals surface area contributed by atoms with Crippen molar-refractivity contribution in [2.75, 3.05) is 39.3 Å². The van der Waals surface area contributed by atoms with E-state index in [9.17, 15) is 4.79 Å². The average Bonchev–Trinajstić information content (AvgIpc) is 3.44. The quantitative estimate of drug-likeness (QED) is 0.874. The van der Waals surface area contributed by atoms with E-state index in [1.54, 1.807) is 0 Å². The molecule has 1 aliphatic carbocycles. The first-order chi connectivity index (χ1) is 13.7. The van der Waals surface area contributed by atoms with E-state index in [1.807, 2.05) is 0 Å². The molecular formula is C24H35N3O. The Bertz CT molecular complexity index is 708. The number of amides is 1. The highest BCUT2D eigenvalue weighted by molar-refractivity contribution is 5.79. The van der Waals surface area contributed by atoms with Gasteiger partial charge in [-0.15, -0.1) is 0 Å². The van der Waals surface area contributed by atoms with Gasteiger partial charge in [0.1, 0.15) is 0 Å². The number of rotatable bonds is 3. The molecule has 1 N–H and O–H groups in total. The molecule has 2 saturated heterocycles. The largest absolute Gasteiger partial charge is 0.338 e. The Labute approximate surface area is 169 Å². The predicted molar refractivity (Wildman–Crippen MR) is 112 cm³/mol. The van der Waals surface area contributed by atoms with Crippen LogP contribution in [0.4, 0.5) is 0 Å². The van der Waals surface area contributed by atoms with Crippen LogP contribution in [0.1, 0.15) is 49.7 Å². The van der Waals surface area contributed by atoms with Gasteiger partial charge in [-0.2, -0.15) is 0 Å². The molecule has 0 bridgehead atoms. The number of likely N-dealkylation sites (tertiary alicyclic amines) is 1. The summed E-state index contributed by atoms with van der Waals surface area (Å²) in [7, 11) is 0. The van der Waals surface area contributed by atoms with Crippen LogP contribution < -0.4 is 5.32 Å². The molecule has 2 atom stereocenters. The highest BCUT2D eigenvalue weighted by Crippen LogP contribution is 2.40. The first kappa shape index (κ1) is 18.6. The maximum atomic E-state index is 13.4. The molecule has 1 saturated carbocycles. The minimum Gasteiger partial charge on any atom is -0.338 e. The van der Waals surface area contributed by atoms with E-state index in [1.165, 1.54) is 63.0 Å². The van der Waals surface area contributed by atoms with Crippen LogP contribution in [-0.4, -0.2) is 55.0 Å². The van der Waals surface area contributed by atoms with E-state index >= 15 is 0 Å².